The van der Waals surface area contributed by atoms with Crippen molar-refractivity contribution in [2.45, 2.75) is 93.8 Å². The number of rotatable bonds is 9. The minimum absolute atomic E-state index is 0. The zero-order valence-corrected chi connectivity index (χ0v) is 41.4. The molecule has 0 amide bonds. The number of aryl methyl sites for hydroxylation is 1. The number of anilines is 1. The van der Waals surface area contributed by atoms with Crippen LogP contribution in [0.5, 0.6) is 28.7 Å². The number of esters is 2. The number of ether oxygens (including phenoxy) is 2. The molecule has 1 fully saturated rings. The Morgan fingerprint density at radius 2 is 1.15 bits per heavy atom. The van der Waals surface area contributed by atoms with Crippen LogP contribution in [0.4, 0.5) is 5.69 Å². The molecule has 71 heavy (non-hydrogen) atoms. The van der Waals surface area contributed by atoms with Crippen molar-refractivity contribution < 1.29 is 59.3 Å². The third-order valence-corrected chi connectivity index (χ3v) is 11.0. The molecule has 2 unspecified atom stereocenters. The topological polar surface area (TPSA) is 214 Å². The number of benzene rings is 6. The molecule has 1 aliphatic carbocycles. The molecule has 13 heteroatoms. The number of phenolic OH excluding ortho intramolecular Hbond substituents is 4. The van der Waals surface area contributed by atoms with Crippen molar-refractivity contribution in [3.05, 3.63) is 178 Å². The van der Waals surface area contributed by atoms with Gasteiger partial charge in [-0.2, -0.15) is 0 Å². The van der Waals surface area contributed by atoms with E-state index < -0.39 is 23.7 Å². The van der Waals surface area contributed by atoms with Gasteiger partial charge >= 0.3 is 17.9 Å². The zero-order valence-electron chi connectivity index (χ0n) is 41.4. The molecule has 2 atom stereocenters. The van der Waals surface area contributed by atoms with Gasteiger partial charge in [0.05, 0.1) is 11.1 Å². The Bertz CT molecular complexity index is 2580. The van der Waals surface area contributed by atoms with E-state index in [1.54, 1.807) is 60.7 Å². The smallest absolute Gasteiger partial charge is 0.342 e. The van der Waals surface area contributed by atoms with E-state index in [1.165, 1.54) is 55.0 Å². The molecular formula is C58H70NO12-. The van der Waals surface area contributed by atoms with Gasteiger partial charge in [-0.3, -0.25) is 4.79 Å². The normalized spacial score (nSPS) is 14.0. The van der Waals surface area contributed by atoms with Crippen LogP contribution >= 0.6 is 0 Å². The molecule has 0 heterocycles. The van der Waals surface area contributed by atoms with E-state index in [2.05, 4.69) is 34.6 Å². The molecule has 0 aliphatic heterocycles. The summed E-state index contributed by atoms with van der Waals surface area (Å²) in [5.41, 5.74) is 4.96. The number of carboxylic acids is 1. The molecular weight excluding hydrogens is 903 g/mol. The van der Waals surface area contributed by atoms with Crippen LogP contribution in [0.15, 0.2) is 140 Å². The van der Waals surface area contributed by atoms with Crippen molar-refractivity contribution in [1.29, 1.82) is 0 Å². The highest BCUT2D eigenvalue weighted by molar-refractivity contribution is 5.96. The quantitative estimate of drug-likeness (QED) is 0.0674. The highest BCUT2D eigenvalue weighted by Crippen LogP contribution is 2.40. The lowest BCUT2D eigenvalue weighted by Gasteiger charge is -2.38. The van der Waals surface area contributed by atoms with Gasteiger partial charge in [-0.05, 0) is 116 Å². The summed E-state index contributed by atoms with van der Waals surface area (Å²) in [6.45, 7) is 14.4. The average Bonchev–Trinajstić information content (AvgIpc) is 3.30. The van der Waals surface area contributed by atoms with Gasteiger partial charge < -0.3 is 45.0 Å². The maximum atomic E-state index is 12.1. The van der Waals surface area contributed by atoms with E-state index in [4.69, 9.17) is 19.7 Å². The Morgan fingerprint density at radius 1 is 0.676 bits per heavy atom. The van der Waals surface area contributed by atoms with Gasteiger partial charge in [0.25, 0.3) is 0 Å². The number of carbonyl (C=O) groups excluding carboxylic acids is 3. The van der Waals surface area contributed by atoms with Crippen LogP contribution in [-0.2, 0) is 16.1 Å². The van der Waals surface area contributed by atoms with Crippen molar-refractivity contribution in [2.75, 3.05) is 19.0 Å². The summed E-state index contributed by atoms with van der Waals surface area (Å²) in [6, 6.07) is 38.5. The molecule has 380 valence electrons. The summed E-state index contributed by atoms with van der Waals surface area (Å²) in [5, 5.41) is 56.7. The number of nitrogens with zero attached hydrogens (tertiary/aromatic N) is 1. The second-order valence-electron chi connectivity index (χ2n) is 18.2. The second-order valence-corrected chi connectivity index (χ2v) is 18.2. The van der Waals surface area contributed by atoms with Gasteiger partial charge in [0, 0.05) is 25.8 Å². The van der Waals surface area contributed by atoms with Crippen molar-refractivity contribution >= 4 is 29.4 Å². The molecule has 13 nitrogen and oxygen atoms in total. The molecule has 6 aromatic rings. The predicted molar refractivity (Wildman–Crippen MR) is 277 cm³/mol. The first-order valence-corrected chi connectivity index (χ1v) is 22.8. The first-order valence-electron chi connectivity index (χ1n) is 22.8. The number of aromatic carboxylic acids is 1. The number of ketones is 1. The molecule has 0 spiro atoms. The van der Waals surface area contributed by atoms with Crippen LogP contribution in [0.1, 0.15) is 132 Å². The van der Waals surface area contributed by atoms with E-state index in [1.807, 2.05) is 62.3 Å². The second kappa shape index (κ2) is 28.6. The number of hydrogen-bond acceptors (Lipinski definition) is 12. The summed E-state index contributed by atoms with van der Waals surface area (Å²) < 4.78 is 10.8. The monoisotopic (exact) mass is 972 g/mol. The number of Topliss-reactive ketones (excluding diaryl/α,β-unsaturated/α-hetero) is 1. The SMILES string of the molecule is C.CC(=O)c1ccccc1O.CC(C)c1ccc(COC(=O)c2ccccc2O)cc1.CC1CC(OC(=O)c2ccccc2O)CC(C)(C)C1.Cc1ccc(N(C)C)cc1O.O=C(O)c1ccccc1[O-]. The Kier molecular flexibility index (Phi) is 23.9. The molecule has 6 aromatic carbocycles. The zero-order chi connectivity index (χ0) is 52.1. The van der Waals surface area contributed by atoms with Crippen molar-refractivity contribution in [1.82, 2.24) is 0 Å². The lowest BCUT2D eigenvalue weighted by molar-refractivity contribution is -0.268. The average molecular weight is 973 g/mol. The first kappa shape index (κ1) is 59.3. The predicted octanol–water partition coefficient (Wildman–Crippen LogP) is 12.1. The van der Waals surface area contributed by atoms with Crippen LogP contribution in [0.25, 0.3) is 0 Å². The fraction of sp³-hybridized carbons (Fsp3) is 0.310. The number of carbonyl (C=O) groups is 4. The standard InChI is InChI=1S/C17H18O3.C16H22O3.C9H13NO.C8H8O2.C7H6O3.CH4/c1-12(2)14-9-7-13(8-10-14)11-20-17(19)15-5-3-4-6-16(15)18;1-11-8-12(10-16(2,3)9-11)19-15(18)13-6-4-5-7-14(13)17;1-7-4-5-8(10(2)3)6-9(7)11;1-6(9)7-4-2-3-5-8(7)10;8-6-4-2-1-3-5(6)7(9)10;/h3-10,12,18H,11H2,1-2H3;4-7,11-12,17H,8-10H2,1-3H3;4-6,11H,1-3H3;2-5,10H,1H3;1-4,8H,(H,9,10);1H4/p-1. The third kappa shape index (κ3) is 20.0. The first-order chi connectivity index (χ1) is 33.0. The van der Waals surface area contributed by atoms with Gasteiger partial charge in [0.2, 0.25) is 0 Å². The van der Waals surface area contributed by atoms with E-state index in [0.717, 1.165) is 36.1 Å². The summed E-state index contributed by atoms with van der Waals surface area (Å²) in [5.74, 6) is -1.31. The minimum Gasteiger partial charge on any atom is -0.872 e. The summed E-state index contributed by atoms with van der Waals surface area (Å²) in [6.07, 6.45) is 2.91. The molecule has 1 aliphatic rings. The maximum absolute atomic E-state index is 12.1. The molecule has 0 saturated heterocycles. The van der Waals surface area contributed by atoms with Crippen LogP contribution in [0.2, 0.25) is 0 Å². The summed E-state index contributed by atoms with van der Waals surface area (Å²) >= 11 is 0. The van der Waals surface area contributed by atoms with Gasteiger partial charge in [0.1, 0.15) is 46.8 Å². The molecule has 1 saturated carbocycles. The Morgan fingerprint density at radius 3 is 1.56 bits per heavy atom. The van der Waals surface area contributed by atoms with E-state index >= 15 is 0 Å². The Labute approximate surface area is 418 Å². The highest BCUT2D eigenvalue weighted by atomic mass is 16.5. The van der Waals surface area contributed by atoms with Crippen molar-refractivity contribution in [2.24, 2.45) is 11.3 Å². The number of phenols is 4. The number of carboxylic acid groups (broad SMARTS) is 1. The van der Waals surface area contributed by atoms with E-state index in [9.17, 15) is 39.6 Å². The molecule has 0 aromatic heterocycles. The lowest BCUT2D eigenvalue weighted by atomic mass is 9.71. The summed E-state index contributed by atoms with van der Waals surface area (Å²) in [7, 11) is 3.90. The number of aromatic hydroxyl groups is 4. The van der Waals surface area contributed by atoms with E-state index in [-0.39, 0.29) is 65.3 Å². The fourth-order valence-corrected chi connectivity index (χ4v) is 7.37. The molecule has 7 rings (SSSR count). The Hall–Kier alpha value is -7.80. The van der Waals surface area contributed by atoms with Crippen LogP contribution in [0, 0.1) is 18.3 Å². The van der Waals surface area contributed by atoms with Crippen LogP contribution in [0.3, 0.4) is 0 Å². The largest absolute Gasteiger partial charge is 0.872 e. The molecule has 5 N–H and O–H groups in total. The lowest BCUT2D eigenvalue weighted by Crippen LogP contribution is -2.34. The molecule has 0 radical (unpaired) electrons. The summed E-state index contributed by atoms with van der Waals surface area (Å²) in [4.78, 5) is 46.8. The molecule has 0 bridgehead atoms. The third-order valence-electron chi connectivity index (χ3n) is 11.0. The fourth-order valence-electron chi connectivity index (χ4n) is 7.37. The number of hydrogen-bond donors (Lipinski definition) is 5. The van der Waals surface area contributed by atoms with E-state index in [0.29, 0.717) is 23.1 Å². The highest BCUT2D eigenvalue weighted by Gasteiger charge is 2.34. The van der Waals surface area contributed by atoms with Gasteiger partial charge in [0.15, 0.2) is 5.78 Å². The van der Waals surface area contributed by atoms with Gasteiger partial charge in [-0.25, -0.2) is 14.4 Å². The Balaban J connectivity index is 0.000000314. The van der Waals surface area contributed by atoms with Gasteiger partial charge in [-0.15, -0.1) is 0 Å². The number of para-hydroxylation sites is 4. The maximum Gasteiger partial charge on any atom is 0.342 e. The van der Waals surface area contributed by atoms with Gasteiger partial charge in [-0.1, -0.05) is 133 Å². The van der Waals surface area contributed by atoms with Crippen molar-refractivity contribution in [3.8, 4) is 28.7 Å². The van der Waals surface area contributed by atoms with Crippen LogP contribution in [-0.4, -0.2) is 69.4 Å². The minimum atomic E-state index is -1.18. The van der Waals surface area contributed by atoms with Crippen molar-refractivity contribution in [3.63, 3.8) is 0 Å². The van der Waals surface area contributed by atoms with Crippen LogP contribution < -0.4 is 10.0 Å².